The van der Waals surface area contributed by atoms with Crippen molar-refractivity contribution in [1.29, 1.82) is 0 Å². The van der Waals surface area contributed by atoms with Gasteiger partial charge in [0, 0.05) is 23.9 Å². The Hall–Kier alpha value is -2.18. The second-order valence-corrected chi connectivity index (χ2v) is 11.1. The van der Waals surface area contributed by atoms with E-state index >= 15 is 0 Å². The Morgan fingerprint density at radius 1 is 1.07 bits per heavy atom. The Balaban J connectivity index is 1.65. The highest BCUT2D eigenvalue weighted by molar-refractivity contribution is 8.04. The van der Waals surface area contributed by atoms with Gasteiger partial charge in [-0.2, -0.15) is 0 Å². The van der Waals surface area contributed by atoms with Crippen LogP contribution in [-0.2, 0) is 4.57 Å². The summed E-state index contributed by atoms with van der Waals surface area (Å²) in [5, 5.41) is 1.04. The molecule has 1 heterocycles. The number of rotatable bonds is 5. The number of thioether (sulfide) groups is 1. The molecule has 0 fully saturated rings. The molecule has 154 valence electrons. The molecule has 2 N–H and O–H groups in total. The van der Waals surface area contributed by atoms with Crippen molar-refractivity contribution in [1.82, 2.24) is 9.97 Å². The second-order valence-electron chi connectivity index (χ2n) is 6.92. The number of halogens is 3. The lowest BCUT2D eigenvalue weighted by Gasteiger charge is -2.08. The molecule has 0 amide bonds. The van der Waals surface area contributed by atoms with Crippen LogP contribution in [0.15, 0.2) is 59.8 Å². The van der Waals surface area contributed by atoms with E-state index in [4.69, 9.17) is 11.6 Å². The van der Waals surface area contributed by atoms with Gasteiger partial charge in [-0.15, -0.1) is 0 Å². The highest BCUT2D eigenvalue weighted by Crippen LogP contribution is 2.42. The maximum absolute atomic E-state index is 14.0. The van der Waals surface area contributed by atoms with Crippen molar-refractivity contribution in [3.8, 4) is 22.3 Å². The van der Waals surface area contributed by atoms with E-state index in [1.807, 2.05) is 18.2 Å². The molecular formula is C21H16ClF2N2O2PS. The summed E-state index contributed by atoms with van der Waals surface area (Å²) in [6, 6.07) is 14.2. The van der Waals surface area contributed by atoms with Gasteiger partial charge in [0.1, 0.15) is 11.6 Å². The van der Waals surface area contributed by atoms with Gasteiger partial charge in [0.05, 0.1) is 21.5 Å². The SMILES string of the molecule is CP(=O)(O)CSc1nc2cc(-c3ccc(-c4ccc(F)cc4F)cc3)c(Cl)cc2[nH]1. The van der Waals surface area contributed by atoms with E-state index in [2.05, 4.69) is 9.97 Å². The van der Waals surface area contributed by atoms with E-state index in [0.29, 0.717) is 26.8 Å². The van der Waals surface area contributed by atoms with Crippen LogP contribution < -0.4 is 0 Å². The molecule has 1 unspecified atom stereocenters. The molecule has 4 nitrogen and oxygen atoms in total. The molecule has 30 heavy (non-hydrogen) atoms. The van der Waals surface area contributed by atoms with Crippen molar-refractivity contribution in [2.75, 3.05) is 12.2 Å². The minimum absolute atomic E-state index is 0.0643. The average Bonchev–Trinajstić information content (AvgIpc) is 3.07. The maximum Gasteiger partial charge on any atom is 0.207 e. The minimum atomic E-state index is -3.15. The van der Waals surface area contributed by atoms with Gasteiger partial charge < -0.3 is 9.88 Å². The van der Waals surface area contributed by atoms with Crippen LogP contribution in [0.4, 0.5) is 8.78 Å². The van der Waals surface area contributed by atoms with E-state index in [1.165, 1.54) is 30.6 Å². The van der Waals surface area contributed by atoms with Crippen LogP contribution >= 0.6 is 30.7 Å². The number of nitrogens with zero attached hydrogens (tertiary/aromatic N) is 1. The van der Waals surface area contributed by atoms with Crippen LogP contribution in [0, 0.1) is 11.6 Å². The fourth-order valence-corrected chi connectivity index (χ4v) is 5.10. The summed E-state index contributed by atoms with van der Waals surface area (Å²) in [4.78, 5) is 17.0. The number of H-pyrrole nitrogens is 1. The first-order chi connectivity index (χ1) is 14.2. The fraction of sp³-hybridized carbons (Fsp3) is 0.0952. The van der Waals surface area contributed by atoms with Gasteiger partial charge in [-0.3, -0.25) is 4.57 Å². The molecule has 1 aromatic heterocycles. The van der Waals surface area contributed by atoms with Gasteiger partial charge in [0.15, 0.2) is 5.16 Å². The number of hydrogen-bond donors (Lipinski definition) is 2. The molecule has 3 aromatic carbocycles. The Labute approximate surface area is 180 Å². The average molecular weight is 465 g/mol. The molecule has 0 bridgehead atoms. The number of imidazole rings is 1. The standard InChI is InChI=1S/C21H16ClF2N2O2PS/c1-29(27,28)11-30-21-25-19-9-16(17(22)10-20(19)26-21)13-4-2-12(3-5-13)15-7-6-14(23)8-18(15)24/h2-10H,11H2,1H3,(H,25,26)(H,27,28). The van der Waals surface area contributed by atoms with Crippen molar-refractivity contribution in [2.45, 2.75) is 5.16 Å². The second kappa shape index (κ2) is 8.16. The normalized spacial score (nSPS) is 13.5. The Kier molecular flexibility index (Phi) is 5.73. The molecule has 0 radical (unpaired) electrons. The lowest BCUT2D eigenvalue weighted by Crippen LogP contribution is -1.87. The van der Waals surface area contributed by atoms with Crippen molar-refractivity contribution in [3.63, 3.8) is 0 Å². The molecule has 9 heteroatoms. The summed E-state index contributed by atoms with van der Waals surface area (Å²) in [5.41, 5.74) is 3.97. The predicted molar refractivity (Wildman–Crippen MR) is 118 cm³/mol. The largest absolute Gasteiger partial charge is 0.344 e. The summed E-state index contributed by atoms with van der Waals surface area (Å²) in [6.45, 7) is 1.30. The smallest absolute Gasteiger partial charge is 0.207 e. The number of fused-ring (bicyclic) bond motifs is 1. The van der Waals surface area contributed by atoms with E-state index in [1.54, 1.807) is 18.2 Å². The summed E-state index contributed by atoms with van der Waals surface area (Å²) < 4.78 is 38.7. The molecule has 1 atom stereocenters. The molecule has 0 aliphatic heterocycles. The zero-order valence-electron chi connectivity index (χ0n) is 15.7. The Morgan fingerprint density at radius 3 is 2.37 bits per heavy atom. The van der Waals surface area contributed by atoms with Crippen molar-refractivity contribution in [2.24, 2.45) is 0 Å². The zero-order chi connectivity index (χ0) is 21.5. The number of aromatic amines is 1. The molecular weight excluding hydrogens is 449 g/mol. The summed E-state index contributed by atoms with van der Waals surface area (Å²) in [5.74, 6) is -1.24. The Bertz CT molecular complexity index is 1290. The molecule has 0 aliphatic rings. The maximum atomic E-state index is 14.0. The number of aromatic nitrogens is 2. The number of nitrogens with one attached hydrogen (secondary N) is 1. The van der Waals surface area contributed by atoms with Gasteiger partial charge >= 0.3 is 0 Å². The number of hydrogen-bond acceptors (Lipinski definition) is 3. The molecule has 0 saturated heterocycles. The molecule has 0 spiro atoms. The zero-order valence-corrected chi connectivity index (χ0v) is 18.2. The van der Waals surface area contributed by atoms with Gasteiger partial charge in [0.25, 0.3) is 0 Å². The summed E-state index contributed by atoms with van der Waals surface area (Å²) in [6.07, 6.45) is 0. The van der Waals surface area contributed by atoms with E-state index in [9.17, 15) is 18.2 Å². The van der Waals surface area contributed by atoms with E-state index in [-0.39, 0.29) is 5.49 Å². The molecule has 0 saturated carbocycles. The van der Waals surface area contributed by atoms with Crippen molar-refractivity contribution >= 4 is 41.8 Å². The first-order valence-electron chi connectivity index (χ1n) is 8.87. The Morgan fingerprint density at radius 2 is 1.73 bits per heavy atom. The minimum Gasteiger partial charge on any atom is -0.344 e. The van der Waals surface area contributed by atoms with Crippen LogP contribution in [0.25, 0.3) is 33.3 Å². The summed E-state index contributed by atoms with van der Waals surface area (Å²) >= 11 is 7.63. The van der Waals surface area contributed by atoms with Gasteiger partial charge in [-0.25, -0.2) is 13.8 Å². The monoisotopic (exact) mass is 464 g/mol. The van der Waals surface area contributed by atoms with E-state index in [0.717, 1.165) is 22.7 Å². The fourth-order valence-electron chi connectivity index (χ4n) is 3.03. The predicted octanol–water partition coefficient (Wildman–Crippen LogP) is 6.78. The van der Waals surface area contributed by atoms with Gasteiger partial charge in [-0.05, 0) is 35.4 Å². The quantitative estimate of drug-likeness (QED) is 0.252. The van der Waals surface area contributed by atoms with E-state index < -0.39 is 19.0 Å². The highest BCUT2D eigenvalue weighted by Gasteiger charge is 2.14. The first-order valence-corrected chi connectivity index (χ1v) is 12.5. The first kappa shape index (κ1) is 21.1. The third-order valence-electron chi connectivity index (χ3n) is 4.43. The van der Waals surface area contributed by atoms with Crippen LogP contribution in [-0.4, -0.2) is 27.0 Å². The topological polar surface area (TPSA) is 66.0 Å². The lowest BCUT2D eigenvalue weighted by atomic mass is 9.99. The summed E-state index contributed by atoms with van der Waals surface area (Å²) in [7, 11) is -3.15. The number of benzene rings is 3. The van der Waals surface area contributed by atoms with Crippen molar-refractivity contribution in [3.05, 3.63) is 71.3 Å². The van der Waals surface area contributed by atoms with Crippen LogP contribution in [0.1, 0.15) is 0 Å². The van der Waals surface area contributed by atoms with Gasteiger partial charge in [0.2, 0.25) is 7.37 Å². The lowest BCUT2D eigenvalue weighted by molar-refractivity contribution is 0.490. The molecule has 4 aromatic rings. The van der Waals surface area contributed by atoms with Gasteiger partial charge in [-0.1, -0.05) is 47.6 Å². The molecule has 4 rings (SSSR count). The highest BCUT2D eigenvalue weighted by atomic mass is 35.5. The van der Waals surface area contributed by atoms with Crippen LogP contribution in [0.3, 0.4) is 0 Å². The third-order valence-corrected chi connectivity index (χ3v) is 7.64. The van der Waals surface area contributed by atoms with Crippen LogP contribution in [0.5, 0.6) is 0 Å². The van der Waals surface area contributed by atoms with Crippen molar-refractivity contribution < 1.29 is 18.2 Å². The van der Waals surface area contributed by atoms with Crippen LogP contribution in [0.2, 0.25) is 5.02 Å². The third kappa shape index (κ3) is 4.60. The molecule has 0 aliphatic carbocycles.